The largest absolute Gasteiger partial charge is 0.418 e. The van der Waals surface area contributed by atoms with E-state index in [1.165, 1.54) is 18.7 Å². The Morgan fingerprint density at radius 2 is 1.90 bits per heavy atom. The van der Waals surface area contributed by atoms with Crippen LogP contribution in [-0.4, -0.2) is 39.1 Å². The normalized spacial score (nSPS) is 16.6. The number of morpholine rings is 1. The summed E-state index contributed by atoms with van der Waals surface area (Å²) in [4.78, 5) is 26.7. The van der Waals surface area contributed by atoms with E-state index < -0.39 is 17.3 Å². The van der Waals surface area contributed by atoms with Crippen LogP contribution in [0.5, 0.6) is 0 Å². The van der Waals surface area contributed by atoms with Gasteiger partial charge in [0.25, 0.3) is 5.56 Å². The average molecular weight is 394 g/mol. The van der Waals surface area contributed by atoms with Crippen LogP contribution in [0, 0.1) is 11.3 Å². The second-order valence-corrected chi connectivity index (χ2v) is 6.61. The Morgan fingerprint density at radius 3 is 2.62 bits per heavy atom. The maximum atomic E-state index is 12.5. The number of nitriles is 1. The monoisotopic (exact) mass is 394 g/mol. The molecule has 1 aliphatic heterocycles. The molecular formula is C19H18N6O4. The molecule has 3 heterocycles. The van der Waals surface area contributed by atoms with E-state index in [0.717, 1.165) is 10.1 Å². The topological polar surface area (TPSA) is 119 Å². The number of aromatic nitrogens is 4. The van der Waals surface area contributed by atoms with Gasteiger partial charge >= 0.3 is 5.69 Å². The minimum absolute atomic E-state index is 0.121. The van der Waals surface area contributed by atoms with Crippen LogP contribution in [0.3, 0.4) is 0 Å². The summed E-state index contributed by atoms with van der Waals surface area (Å²) in [5, 5.41) is 17.8. The molecule has 1 atom stereocenters. The standard InChI is InChI=1S/C19H18N6O4/c1-23-17(13(10-20)18(26)24(2)19(23)27)25-8-9-28-11-14(25)16-22-21-15(29-16)12-6-4-3-5-7-12/h3-7,14H,8-9,11H2,1-2H3/t14-/m0/s1. The van der Waals surface area contributed by atoms with Crippen molar-refractivity contribution in [2.45, 2.75) is 6.04 Å². The predicted octanol–water partition coefficient (Wildman–Crippen LogP) is 0.584. The smallest absolute Gasteiger partial charge is 0.332 e. The van der Waals surface area contributed by atoms with Crippen molar-refractivity contribution < 1.29 is 9.15 Å². The number of ether oxygens (including phenoxy) is 1. The zero-order valence-corrected chi connectivity index (χ0v) is 15.9. The van der Waals surface area contributed by atoms with Crippen molar-refractivity contribution in [3.05, 3.63) is 62.6 Å². The third-order valence-electron chi connectivity index (χ3n) is 4.89. The van der Waals surface area contributed by atoms with E-state index in [2.05, 4.69) is 10.2 Å². The maximum absolute atomic E-state index is 12.5. The van der Waals surface area contributed by atoms with E-state index in [1.54, 1.807) is 4.90 Å². The Morgan fingerprint density at radius 1 is 1.14 bits per heavy atom. The Balaban J connectivity index is 1.81. The fourth-order valence-corrected chi connectivity index (χ4v) is 3.40. The van der Waals surface area contributed by atoms with Gasteiger partial charge in [-0.1, -0.05) is 18.2 Å². The summed E-state index contributed by atoms with van der Waals surface area (Å²) in [6.45, 7) is 0.929. The lowest BCUT2D eigenvalue weighted by atomic mass is 10.2. The van der Waals surface area contributed by atoms with Gasteiger partial charge in [0.2, 0.25) is 11.8 Å². The number of nitrogens with zero attached hydrogens (tertiary/aromatic N) is 6. The van der Waals surface area contributed by atoms with Gasteiger partial charge in [-0.2, -0.15) is 5.26 Å². The first-order valence-electron chi connectivity index (χ1n) is 8.96. The van der Waals surface area contributed by atoms with Gasteiger partial charge in [0.15, 0.2) is 5.56 Å². The van der Waals surface area contributed by atoms with Crippen molar-refractivity contribution in [2.24, 2.45) is 14.1 Å². The number of benzene rings is 1. The Hall–Kier alpha value is -3.71. The summed E-state index contributed by atoms with van der Waals surface area (Å²) in [5.41, 5.74) is -0.520. The van der Waals surface area contributed by atoms with E-state index in [9.17, 15) is 14.9 Å². The molecule has 10 heteroatoms. The molecule has 148 valence electrons. The fraction of sp³-hybridized carbons (Fsp3) is 0.316. The molecule has 1 aliphatic rings. The molecule has 10 nitrogen and oxygen atoms in total. The number of hydrogen-bond donors (Lipinski definition) is 0. The third-order valence-corrected chi connectivity index (χ3v) is 4.89. The van der Waals surface area contributed by atoms with Crippen LogP contribution in [0.4, 0.5) is 5.82 Å². The molecule has 2 aromatic heterocycles. The molecule has 0 radical (unpaired) electrons. The zero-order valence-electron chi connectivity index (χ0n) is 15.9. The predicted molar refractivity (Wildman–Crippen MR) is 102 cm³/mol. The Kier molecular flexibility index (Phi) is 4.74. The molecule has 0 bridgehead atoms. The SMILES string of the molecule is Cn1c(N2CCOC[C@H]2c2nnc(-c3ccccc3)o2)c(C#N)c(=O)n(C)c1=O. The highest BCUT2D eigenvalue weighted by Crippen LogP contribution is 2.31. The van der Waals surface area contributed by atoms with E-state index >= 15 is 0 Å². The molecule has 0 amide bonds. The van der Waals surface area contributed by atoms with Gasteiger partial charge in [0, 0.05) is 26.2 Å². The van der Waals surface area contributed by atoms with Crippen LogP contribution in [0.2, 0.25) is 0 Å². The average Bonchev–Trinajstić information content (AvgIpc) is 3.25. The van der Waals surface area contributed by atoms with Crippen LogP contribution in [-0.2, 0) is 18.8 Å². The highest BCUT2D eigenvalue weighted by atomic mass is 16.5. The summed E-state index contributed by atoms with van der Waals surface area (Å²) in [6.07, 6.45) is 0. The fourth-order valence-electron chi connectivity index (χ4n) is 3.40. The van der Waals surface area contributed by atoms with E-state index in [-0.39, 0.29) is 23.9 Å². The summed E-state index contributed by atoms with van der Waals surface area (Å²) < 4.78 is 13.6. The Labute approximate surface area is 165 Å². The van der Waals surface area contributed by atoms with Gasteiger partial charge in [-0.05, 0) is 12.1 Å². The minimum atomic E-state index is -0.647. The lowest BCUT2D eigenvalue weighted by Gasteiger charge is -2.36. The first-order chi connectivity index (χ1) is 14.0. The molecule has 29 heavy (non-hydrogen) atoms. The minimum Gasteiger partial charge on any atom is -0.418 e. The van der Waals surface area contributed by atoms with Gasteiger partial charge in [0.05, 0.1) is 13.2 Å². The maximum Gasteiger partial charge on any atom is 0.332 e. The summed E-state index contributed by atoms with van der Waals surface area (Å²) in [7, 11) is 2.86. The number of anilines is 1. The third kappa shape index (κ3) is 3.11. The van der Waals surface area contributed by atoms with E-state index in [1.807, 2.05) is 36.4 Å². The first-order valence-corrected chi connectivity index (χ1v) is 8.96. The van der Waals surface area contributed by atoms with Crippen molar-refractivity contribution in [1.29, 1.82) is 5.26 Å². The molecule has 1 aromatic carbocycles. The second-order valence-electron chi connectivity index (χ2n) is 6.61. The quantitative estimate of drug-likeness (QED) is 0.633. The summed E-state index contributed by atoms with van der Waals surface area (Å²) in [6, 6.07) is 10.7. The van der Waals surface area contributed by atoms with Gasteiger partial charge in [0.1, 0.15) is 17.9 Å². The molecule has 0 saturated carbocycles. The molecule has 0 unspecified atom stereocenters. The molecule has 4 rings (SSSR count). The second kappa shape index (κ2) is 7.37. The lowest BCUT2D eigenvalue weighted by Crippen LogP contribution is -2.47. The van der Waals surface area contributed by atoms with Crippen LogP contribution >= 0.6 is 0 Å². The van der Waals surface area contributed by atoms with Crippen LogP contribution < -0.4 is 16.1 Å². The molecular weight excluding hydrogens is 376 g/mol. The first kappa shape index (κ1) is 18.6. The van der Waals surface area contributed by atoms with Crippen molar-refractivity contribution in [3.63, 3.8) is 0 Å². The van der Waals surface area contributed by atoms with Crippen LogP contribution in [0.25, 0.3) is 11.5 Å². The highest BCUT2D eigenvalue weighted by molar-refractivity contribution is 5.55. The van der Waals surface area contributed by atoms with Gasteiger partial charge in [-0.15, -0.1) is 10.2 Å². The molecule has 3 aromatic rings. The van der Waals surface area contributed by atoms with Gasteiger partial charge in [-0.3, -0.25) is 13.9 Å². The highest BCUT2D eigenvalue weighted by Gasteiger charge is 2.34. The molecule has 0 spiro atoms. The number of rotatable bonds is 3. The number of hydrogen-bond acceptors (Lipinski definition) is 8. The van der Waals surface area contributed by atoms with Crippen molar-refractivity contribution in [1.82, 2.24) is 19.3 Å². The molecule has 1 saturated heterocycles. The summed E-state index contributed by atoms with van der Waals surface area (Å²) in [5.74, 6) is 0.846. The molecule has 0 aliphatic carbocycles. The lowest BCUT2D eigenvalue weighted by molar-refractivity contribution is 0.0852. The molecule has 1 fully saturated rings. The van der Waals surface area contributed by atoms with Crippen LogP contribution in [0.15, 0.2) is 44.3 Å². The van der Waals surface area contributed by atoms with Crippen molar-refractivity contribution in [3.8, 4) is 17.5 Å². The van der Waals surface area contributed by atoms with Gasteiger partial charge < -0.3 is 14.1 Å². The Bertz CT molecular complexity index is 1200. The van der Waals surface area contributed by atoms with Crippen molar-refractivity contribution >= 4 is 5.82 Å². The van der Waals surface area contributed by atoms with Crippen LogP contribution in [0.1, 0.15) is 17.5 Å². The molecule has 0 N–H and O–H groups in total. The van der Waals surface area contributed by atoms with Gasteiger partial charge in [-0.25, -0.2) is 4.79 Å². The van der Waals surface area contributed by atoms with Crippen molar-refractivity contribution in [2.75, 3.05) is 24.7 Å². The summed E-state index contributed by atoms with van der Waals surface area (Å²) >= 11 is 0. The van der Waals surface area contributed by atoms with E-state index in [4.69, 9.17) is 9.15 Å². The zero-order chi connectivity index (χ0) is 20.5. The van der Waals surface area contributed by atoms with E-state index in [0.29, 0.717) is 19.0 Å².